The number of piperidine rings is 2. The molecule has 1 unspecified atom stereocenters. The summed E-state index contributed by atoms with van der Waals surface area (Å²) in [6, 6.07) is 5.47. The Kier molecular flexibility index (Phi) is 6.35. The number of rotatable bonds is 4. The van der Waals surface area contributed by atoms with E-state index in [-0.39, 0.29) is 24.3 Å². The summed E-state index contributed by atoms with van der Waals surface area (Å²) in [5, 5.41) is 0. The Balaban J connectivity index is 1.51. The van der Waals surface area contributed by atoms with E-state index in [9.17, 15) is 9.59 Å². The quantitative estimate of drug-likeness (QED) is 0.778. The summed E-state index contributed by atoms with van der Waals surface area (Å²) in [5.41, 5.74) is 2.03. The predicted molar refractivity (Wildman–Crippen MR) is 113 cm³/mol. The van der Waals surface area contributed by atoms with Crippen molar-refractivity contribution in [3.8, 4) is 0 Å². The molecule has 4 heterocycles. The van der Waals surface area contributed by atoms with Crippen molar-refractivity contribution < 1.29 is 9.59 Å². The highest BCUT2D eigenvalue weighted by atomic mass is 16.2. The minimum atomic E-state index is -0.146. The summed E-state index contributed by atoms with van der Waals surface area (Å²) < 4.78 is 0. The van der Waals surface area contributed by atoms with Crippen LogP contribution < -0.4 is 0 Å². The van der Waals surface area contributed by atoms with Gasteiger partial charge in [-0.25, -0.2) is 9.97 Å². The van der Waals surface area contributed by atoms with Crippen molar-refractivity contribution in [2.75, 3.05) is 19.6 Å². The zero-order valence-electron chi connectivity index (χ0n) is 17.6. The van der Waals surface area contributed by atoms with Gasteiger partial charge in [-0.05, 0) is 57.6 Å². The van der Waals surface area contributed by atoms with E-state index >= 15 is 0 Å². The van der Waals surface area contributed by atoms with Crippen LogP contribution in [0.5, 0.6) is 0 Å². The van der Waals surface area contributed by atoms with Crippen molar-refractivity contribution in [3.05, 3.63) is 53.4 Å². The van der Waals surface area contributed by atoms with Gasteiger partial charge in [-0.15, -0.1) is 0 Å². The minimum absolute atomic E-state index is 0.0190. The van der Waals surface area contributed by atoms with Gasteiger partial charge < -0.3 is 9.80 Å². The first kappa shape index (κ1) is 20.4. The molecule has 0 spiro atoms. The fraction of sp³-hybridized carbons (Fsp3) is 0.522. The van der Waals surface area contributed by atoms with Gasteiger partial charge in [0.05, 0.1) is 23.7 Å². The van der Waals surface area contributed by atoms with Gasteiger partial charge >= 0.3 is 0 Å². The van der Waals surface area contributed by atoms with Crippen LogP contribution in [0.4, 0.5) is 0 Å². The molecule has 4 rings (SSSR count). The molecule has 2 aromatic rings. The van der Waals surface area contributed by atoms with Gasteiger partial charge in [0.1, 0.15) is 0 Å². The summed E-state index contributed by atoms with van der Waals surface area (Å²) >= 11 is 0. The van der Waals surface area contributed by atoms with Gasteiger partial charge in [0.15, 0.2) is 5.82 Å². The number of pyridine rings is 1. The number of carbonyl (C=O) groups excluding carboxylic acids is 2. The zero-order valence-corrected chi connectivity index (χ0v) is 17.6. The van der Waals surface area contributed by atoms with E-state index < -0.39 is 0 Å². The fourth-order valence-corrected chi connectivity index (χ4v) is 4.38. The molecular formula is C23H29N5O2. The van der Waals surface area contributed by atoms with Crippen molar-refractivity contribution in [1.29, 1.82) is 0 Å². The molecule has 2 fully saturated rings. The molecule has 2 aromatic heterocycles. The molecule has 158 valence electrons. The minimum Gasteiger partial charge on any atom is -0.339 e. The van der Waals surface area contributed by atoms with Gasteiger partial charge in [-0.3, -0.25) is 14.6 Å². The Morgan fingerprint density at radius 3 is 2.57 bits per heavy atom. The topological polar surface area (TPSA) is 79.3 Å². The average molecular weight is 408 g/mol. The highest BCUT2D eigenvalue weighted by Gasteiger charge is 2.31. The smallest absolute Gasteiger partial charge is 0.257 e. The van der Waals surface area contributed by atoms with Crippen LogP contribution in [0.1, 0.15) is 72.1 Å². The largest absolute Gasteiger partial charge is 0.339 e. The second-order valence-corrected chi connectivity index (χ2v) is 8.18. The third-order valence-corrected chi connectivity index (χ3v) is 6.05. The van der Waals surface area contributed by atoms with Gasteiger partial charge in [0.2, 0.25) is 5.91 Å². The molecule has 2 amide bonds. The first-order valence-electron chi connectivity index (χ1n) is 11.0. The number of nitrogens with zero attached hydrogens (tertiary/aromatic N) is 5. The highest BCUT2D eigenvalue weighted by Crippen LogP contribution is 2.30. The molecular weight excluding hydrogens is 378 g/mol. The Hall–Kier alpha value is -2.83. The molecule has 0 aromatic carbocycles. The van der Waals surface area contributed by atoms with E-state index in [1.807, 2.05) is 34.9 Å². The van der Waals surface area contributed by atoms with Crippen molar-refractivity contribution in [1.82, 2.24) is 24.8 Å². The third-order valence-electron chi connectivity index (χ3n) is 6.05. The maximum Gasteiger partial charge on any atom is 0.257 e. The zero-order chi connectivity index (χ0) is 20.9. The van der Waals surface area contributed by atoms with Gasteiger partial charge in [-0.1, -0.05) is 6.07 Å². The molecule has 0 saturated carbocycles. The molecule has 0 radical (unpaired) electrons. The summed E-state index contributed by atoms with van der Waals surface area (Å²) in [6.45, 7) is 4.18. The maximum atomic E-state index is 13.0. The first-order chi connectivity index (χ1) is 14.6. The van der Waals surface area contributed by atoms with E-state index in [1.165, 1.54) is 6.42 Å². The summed E-state index contributed by atoms with van der Waals surface area (Å²) in [6.07, 6.45) is 9.80. The van der Waals surface area contributed by atoms with Crippen LogP contribution in [-0.4, -0.2) is 56.2 Å². The van der Waals surface area contributed by atoms with Crippen LogP contribution in [-0.2, 0) is 11.2 Å². The van der Waals surface area contributed by atoms with Gasteiger partial charge in [0.25, 0.3) is 5.91 Å². The third kappa shape index (κ3) is 4.50. The number of likely N-dealkylation sites (tertiary alicyclic amines) is 2. The molecule has 7 nitrogen and oxygen atoms in total. The van der Waals surface area contributed by atoms with E-state index in [0.717, 1.165) is 50.9 Å². The molecule has 2 aliphatic rings. The van der Waals surface area contributed by atoms with Crippen molar-refractivity contribution >= 4 is 11.8 Å². The van der Waals surface area contributed by atoms with E-state index in [2.05, 4.69) is 15.0 Å². The Morgan fingerprint density at radius 1 is 1.03 bits per heavy atom. The van der Waals surface area contributed by atoms with E-state index in [4.69, 9.17) is 0 Å². The van der Waals surface area contributed by atoms with Gasteiger partial charge in [0, 0.05) is 37.7 Å². The molecule has 2 aliphatic heterocycles. The predicted octanol–water partition coefficient (Wildman–Crippen LogP) is 3.10. The second-order valence-electron chi connectivity index (χ2n) is 8.18. The number of hydrogen-bond acceptors (Lipinski definition) is 5. The van der Waals surface area contributed by atoms with Crippen molar-refractivity contribution in [2.45, 2.75) is 57.9 Å². The molecule has 0 N–H and O–H groups in total. The lowest BCUT2D eigenvalue weighted by atomic mass is 10.00. The summed E-state index contributed by atoms with van der Waals surface area (Å²) in [5.74, 6) is 0.704. The average Bonchev–Trinajstić information content (AvgIpc) is 2.80. The van der Waals surface area contributed by atoms with E-state index in [0.29, 0.717) is 23.6 Å². The van der Waals surface area contributed by atoms with Crippen LogP contribution in [0, 0.1) is 6.92 Å². The van der Waals surface area contributed by atoms with Gasteiger partial charge in [-0.2, -0.15) is 0 Å². The van der Waals surface area contributed by atoms with E-state index in [1.54, 1.807) is 12.4 Å². The number of aryl methyl sites for hydroxylation is 1. The molecule has 1 atom stereocenters. The Morgan fingerprint density at radius 2 is 1.83 bits per heavy atom. The molecule has 7 heteroatoms. The summed E-state index contributed by atoms with van der Waals surface area (Å²) in [4.78, 5) is 43.1. The lowest BCUT2D eigenvalue weighted by molar-refractivity contribution is -0.134. The van der Waals surface area contributed by atoms with Crippen LogP contribution >= 0.6 is 0 Å². The van der Waals surface area contributed by atoms with Crippen LogP contribution in [0.2, 0.25) is 0 Å². The number of amides is 2. The highest BCUT2D eigenvalue weighted by molar-refractivity contribution is 5.95. The first-order valence-corrected chi connectivity index (χ1v) is 11.0. The van der Waals surface area contributed by atoms with Crippen molar-refractivity contribution in [3.63, 3.8) is 0 Å². The standard InChI is InChI=1S/C23H29N5O2/c1-17-19(23(30)27-12-6-2-7-13-27)16-25-22(26-17)20-10-4-8-14-28(20)21(29)15-18-9-3-5-11-24-18/h3,5,9,11,16,20H,2,4,6-8,10,12-15H2,1H3. The lowest BCUT2D eigenvalue weighted by Gasteiger charge is -2.35. The molecule has 0 aliphatic carbocycles. The second kappa shape index (κ2) is 9.32. The number of carbonyl (C=O) groups is 2. The monoisotopic (exact) mass is 407 g/mol. The van der Waals surface area contributed by atoms with Crippen LogP contribution in [0.25, 0.3) is 0 Å². The fourth-order valence-electron chi connectivity index (χ4n) is 4.38. The number of aromatic nitrogens is 3. The number of hydrogen-bond donors (Lipinski definition) is 0. The normalized spacial score (nSPS) is 19.6. The summed E-state index contributed by atoms with van der Waals surface area (Å²) in [7, 11) is 0. The molecule has 30 heavy (non-hydrogen) atoms. The lowest BCUT2D eigenvalue weighted by Crippen LogP contribution is -2.40. The van der Waals surface area contributed by atoms with Crippen LogP contribution in [0.15, 0.2) is 30.6 Å². The maximum absolute atomic E-state index is 13.0. The Labute approximate surface area is 177 Å². The molecule has 0 bridgehead atoms. The molecule has 2 saturated heterocycles. The SMILES string of the molecule is Cc1nc(C2CCCCN2C(=O)Cc2ccccn2)ncc1C(=O)N1CCCCC1. The van der Waals surface area contributed by atoms with Crippen molar-refractivity contribution in [2.24, 2.45) is 0 Å². The van der Waals surface area contributed by atoms with Crippen LogP contribution in [0.3, 0.4) is 0 Å². The Bertz CT molecular complexity index is 896.